The van der Waals surface area contributed by atoms with Gasteiger partial charge < -0.3 is 9.47 Å². The van der Waals surface area contributed by atoms with Crippen molar-refractivity contribution in [1.82, 2.24) is 4.98 Å². The van der Waals surface area contributed by atoms with Gasteiger partial charge >= 0.3 is 0 Å². The molecule has 2 aromatic carbocycles. The van der Waals surface area contributed by atoms with E-state index in [9.17, 15) is 0 Å². The van der Waals surface area contributed by atoms with Crippen LogP contribution in [0.15, 0.2) is 59.2 Å². The number of halogens is 1. The molecule has 4 heteroatoms. The van der Waals surface area contributed by atoms with E-state index in [2.05, 4.69) is 20.9 Å². The maximum atomic E-state index is 5.91. The van der Waals surface area contributed by atoms with Crippen molar-refractivity contribution in [1.29, 1.82) is 0 Å². The SMILES string of the molecule is COc1ccc(COc2cccc3cccnc23)cc1Br. The van der Waals surface area contributed by atoms with Crippen LogP contribution in [0.1, 0.15) is 5.56 Å². The van der Waals surface area contributed by atoms with Crippen molar-refractivity contribution in [3.63, 3.8) is 0 Å². The van der Waals surface area contributed by atoms with Crippen LogP contribution < -0.4 is 9.47 Å². The topological polar surface area (TPSA) is 31.4 Å². The first-order valence-electron chi connectivity index (χ1n) is 6.57. The van der Waals surface area contributed by atoms with Crippen LogP contribution in [0.2, 0.25) is 0 Å². The average molecular weight is 344 g/mol. The van der Waals surface area contributed by atoms with Gasteiger partial charge in [0.15, 0.2) is 0 Å². The predicted molar refractivity (Wildman–Crippen MR) is 86.8 cm³/mol. The normalized spacial score (nSPS) is 10.6. The molecule has 21 heavy (non-hydrogen) atoms. The second kappa shape index (κ2) is 6.14. The van der Waals surface area contributed by atoms with E-state index in [0.29, 0.717) is 6.61 Å². The van der Waals surface area contributed by atoms with Gasteiger partial charge in [0.05, 0.1) is 11.6 Å². The van der Waals surface area contributed by atoms with E-state index in [1.54, 1.807) is 13.3 Å². The molecule has 0 aliphatic carbocycles. The van der Waals surface area contributed by atoms with Crippen molar-refractivity contribution in [3.05, 3.63) is 64.8 Å². The Morgan fingerprint density at radius 3 is 2.71 bits per heavy atom. The first-order chi connectivity index (χ1) is 10.3. The summed E-state index contributed by atoms with van der Waals surface area (Å²) in [6, 6.07) is 15.8. The number of hydrogen-bond acceptors (Lipinski definition) is 3. The highest BCUT2D eigenvalue weighted by Crippen LogP contribution is 2.27. The van der Waals surface area contributed by atoms with Crippen LogP contribution in [0, 0.1) is 0 Å². The van der Waals surface area contributed by atoms with Crippen molar-refractivity contribution >= 4 is 26.8 Å². The summed E-state index contributed by atoms with van der Waals surface area (Å²) in [7, 11) is 1.65. The summed E-state index contributed by atoms with van der Waals surface area (Å²) in [5.74, 6) is 1.60. The smallest absolute Gasteiger partial charge is 0.146 e. The summed E-state index contributed by atoms with van der Waals surface area (Å²) >= 11 is 3.48. The number of methoxy groups -OCH3 is 1. The van der Waals surface area contributed by atoms with Crippen LogP contribution in [-0.2, 0) is 6.61 Å². The zero-order valence-electron chi connectivity index (χ0n) is 11.5. The molecule has 1 aromatic heterocycles. The molecule has 0 atom stereocenters. The molecule has 0 spiro atoms. The highest BCUT2D eigenvalue weighted by atomic mass is 79.9. The molecule has 0 bridgehead atoms. The quantitative estimate of drug-likeness (QED) is 0.694. The van der Waals surface area contributed by atoms with E-state index in [-0.39, 0.29) is 0 Å². The monoisotopic (exact) mass is 343 g/mol. The Kier molecular flexibility index (Phi) is 4.06. The fraction of sp³-hybridized carbons (Fsp3) is 0.118. The Labute approximate surface area is 131 Å². The van der Waals surface area contributed by atoms with Gasteiger partial charge in [-0.3, -0.25) is 4.98 Å². The molecule has 3 nitrogen and oxygen atoms in total. The largest absolute Gasteiger partial charge is 0.496 e. The first kappa shape index (κ1) is 13.9. The maximum absolute atomic E-state index is 5.91. The molecule has 0 N–H and O–H groups in total. The number of fused-ring (bicyclic) bond motifs is 1. The predicted octanol–water partition coefficient (Wildman–Crippen LogP) is 4.58. The number of hydrogen-bond donors (Lipinski definition) is 0. The summed E-state index contributed by atoms with van der Waals surface area (Å²) in [6.07, 6.45) is 1.78. The zero-order chi connectivity index (χ0) is 14.7. The second-order valence-corrected chi connectivity index (χ2v) is 5.44. The summed E-state index contributed by atoms with van der Waals surface area (Å²) < 4.78 is 12.1. The number of ether oxygens (including phenoxy) is 2. The van der Waals surface area contributed by atoms with E-state index in [1.165, 1.54) is 0 Å². The standard InChI is InChI=1S/C17H14BrNO2/c1-20-15-8-7-12(10-14(15)18)11-21-16-6-2-4-13-5-3-9-19-17(13)16/h2-10H,11H2,1H3. The van der Waals surface area contributed by atoms with Gasteiger partial charge in [0.1, 0.15) is 23.6 Å². The number of para-hydroxylation sites is 1. The van der Waals surface area contributed by atoms with E-state index in [1.807, 2.05) is 48.5 Å². The van der Waals surface area contributed by atoms with Gasteiger partial charge in [0.2, 0.25) is 0 Å². The molecule has 0 fully saturated rings. The van der Waals surface area contributed by atoms with E-state index < -0.39 is 0 Å². The maximum Gasteiger partial charge on any atom is 0.146 e. The van der Waals surface area contributed by atoms with Crippen LogP contribution >= 0.6 is 15.9 Å². The van der Waals surface area contributed by atoms with Crippen molar-refractivity contribution in [3.8, 4) is 11.5 Å². The van der Waals surface area contributed by atoms with E-state index >= 15 is 0 Å². The third-order valence-electron chi connectivity index (χ3n) is 3.21. The van der Waals surface area contributed by atoms with Gasteiger partial charge in [-0.05, 0) is 45.8 Å². The van der Waals surface area contributed by atoms with E-state index in [0.717, 1.165) is 32.4 Å². The molecule has 0 aliphatic rings. The molecule has 0 radical (unpaired) electrons. The Balaban J connectivity index is 1.82. The average Bonchev–Trinajstić information content (AvgIpc) is 2.53. The summed E-state index contributed by atoms with van der Waals surface area (Å²) in [5.41, 5.74) is 1.95. The molecule has 1 heterocycles. The van der Waals surface area contributed by atoms with Gasteiger partial charge in [0.25, 0.3) is 0 Å². The number of rotatable bonds is 4. The molecule has 3 aromatic rings. The van der Waals surface area contributed by atoms with Crippen molar-refractivity contribution in [2.24, 2.45) is 0 Å². The lowest BCUT2D eigenvalue weighted by atomic mass is 10.2. The highest BCUT2D eigenvalue weighted by Gasteiger charge is 2.05. The Hall–Kier alpha value is -2.07. The van der Waals surface area contributed by atoms with Crippen LogP contribution in [-0.4, -0.2) is 12.1 Å². The molecule has 106 valence electrons. The molecule has 0 saturated heterocycles. The number of nitrogens with zero attached hydrogens (tertiary/aromatic N) is 1. The molecule has 0 unspecified atom stereocenters. The van der Waals surface area contributed by atoms with Gasteiger partial charge in [0, 0.05) is 11.6 Å². The summed E-state index contributed by atoms with van der Waals surface area (Å²) in [6.45, 7) is 0.484. The molecule has 0 aliphatic heterocycles. The lowest BCUT2D eigenvalue weighted by molar-refractivity contribution is 0.309. The third-order valence-corrected chi connectivity index (χ3v) is 3.83. The van der Waals surface area contributed by atoms with Gasteiger partial charge in [-0.25, -0.2) is 0 Å². The van der Waals surface area contributed by atoms with Gasteiger partial charge in [-0.1, -0.05) is 24.3 Å². The highest BCUT2D eigenvalue weighted by molar-refractivity contribution is 9.10. The minimum Gasteiger partial charge on any atom is -0.496 e. The molecule has 0 saturated carbocycles. The van der Waals surface area contributed by atoms with Gasteiger partial charge in [-0.2, -0.15) is 0 Å². The molecular formula is C17H14BrNO2. The number of aromatic nitrogens is 1. The summed E-state index contributed by atoms with van der Waals surface area (Å²) in [4.78, 5) is 4.38. The minimum atomic E-state index is 0.484. The number of benzene rings is 2. The molecular weight excluding hydrogens is 330 g/mol. The van der Waals surface area contributed by atoms with Crippen LogP contribution in [0.4, 0.5) is 0 Å². The van der Waals surface area contributed by atoms with Crippen molar-refractivity contribution < 1.29 is 9.47 Å². The van der Waals surface area contributed by atoms with Crippen molar-refractivity contribution in [2.45, 2.75) is 6.61 Å². The fourth-order valence-electron chi connectivity index (χ4n) is 2.15. The van der Waals surface area contributed by atoms with Crippen molar-refractivity contribution in [2.75, 3.05) is 7.11 Å². The minimum absolute atomic E-state index is 0.484. The van der Waals surface area contributed by atoms with Crippen LogP contribution in [0.3, 0.4) is 0 Å². The zero-order valence-corrected chi connectivity index (χ0v) is 13.1. The van der Waals surface area contributed by atoms with E-state index in [4.69, 9.17) is 9.47 Å². The lowest BCUT2D eigenvalue weighted by Gasteiger charge is -2.10. The molecule has 0 amide bonds. The number of pyridine rings is 1. The second-order valence-electron chi connectivity index (χ2n) is 4.59. The third kappa shape index (κ3) is 3.00. The summed E-state index contributed by atoms with van der Waals surface area (Å²) in [5, 5.41) is 1.07. The Morgan fingerprint density at radius 2 is 1.90 bits per heavy atom. The Morgan fingerprint density at radius 1 is 1.05 bits per heavy atom. The fourth-order valence-corrected chi connectivity index (χ4v) is 2.74. The van der Waals surface area contributed by atoms with Gasteiger partial charge in [-0.15, -0.1) is 0 Å². The van der Waals surface area contributed by atoms with Crippen LogP contribution in [0.25, 0.3) is 10.9 Å². The Bertz CT molecular complexity index is 768. The molecule has 3 rings (SSSR count). The first-order valence-corrected chi connectivity index (χ1v) is 7.36. The van der Waals surface area contributed by atoms with Crippen LogP contribution in [0.5, 0.6) is 11.5 Å². The lowest BCUT2D eigenvalue weighted by Crippen LogP contribution is -1.97.